The number of ether oxygens (including phenoxy) is 1. The lowest BCUT2D eigenvalue weighted by molar-refractivity contribution is 0.0846. The zero-order valence-corrected chi connectivity index (χ0v) is 11.2. The second kappa shape index (κ2) is 6.57. The summed E-state index contributed by atoms with van der Waals surface area (Å²) in [5, 5.41) is 0. The number of anilines is 1. The fourth-order valence-corrected chi connectivity index (χ4v) is 1.45. The number of aromatic nitrogens is 1. The van der Waals surface area contributed by atoms with Gasteiger partial charge in [0.1, 0.15) is 0 Å². The highest BCUT2D eigenvalue weighted by Gasteiger charge is 2.04. The molecule has 4 nitrogen and oxygen atoms in total. The van der Waals surface area contributed by atoms with Gasteiger partial charge in [-0.25, -0.2) is 0 Å². The van der Waals surface area contributed by atoms with Gasteiger partial charge in [-0.1, -0.05) is 0 Å². The number of pyridine rings is 1. The first kappa shape index (κ1) is 13.9. The van der Waals surface area contributed by atoms with Crippen molar-refractivity contribution in [3.05, 3.63) is 24.0 Å². The number of rotatable bonds is 6. The third-order valence-electron chi connectivity index (χ3n) is 2.56. The molecule has 17 heavy (non-hydrogen) atoms. The van der Waals surface area contributed by atoms with Crippen molar-refractivity contribution in [1.82, 2.24) is 4.98 Å². The van der Waals surface area contributed by atoms with Crippen LogP contribution in [0.2, 0.25) is 0 Å². The Bertz CT molecular complexity index is 322. The van der Waals surface area contributed by atoms with E-state index in [9.17, 15) is 0 Å². The summed E-state index contributed by atoms with van der Waals surface area (Å²) in [6.45, 7) is 7.60. The van der Waals surface area contributed by atoms with Gasteiger partial charge in [0.05, 0.1) is 30.3 Å². The Morgan fingerprint density at radius 2 is 2.06 bits per heavy atom. The monoisotopic (exact) mass is 237 g/mol. The van der Waals surface area contributed by atoms with Gasteiger partial charge in [-0.05, 0) is 32.9 Å². The van der Waals surface area contributed by atoms with Gasteiger partial charge in [-0.2, -0.15) is 0 Å². The molecule has 0 aromatic carbocycles. The van der Waals surface area contributed by atoms with Gasteiger partial charge in [0.15, 0.2) is 0 Å². The van der Waals surface area contributed by atoms with Crippen molar-refractivity contribution < 1.29 is 4.74 Å². The average molecular weight is 237 g/mol. The molecule has 0 spiro atoms. The zero-order chi connectivity index (χ0) is 12.8. The Morgan fingerprint density at radius 1 is 1.35 bits per heavy atom. The van der Waals surface area contributed by atoms with Crippen LogP contribution >= 0.6 is 0 Å². The molecule has 0 amide bonds. The second-order valence-electron chi connectivity index (χ2n) is 4.57. The predicted molar refractivity (Wildman–Crippen MR) is 71.2 cm³/mol. The van der Waals surface area contributed by atoms with Crippen molar-refractivity contribution in [3.63, 3.8) is 0 Å². The standard InChI is InChI=1S/C13H23N3O/c1-10(2)17-8-7-16(4)12-5-6-13(11(3)14)15-9-12/h5-6,9-11H,7-8,14H2,1-4H3/t11-/m0/s1. The van der Waals surface area contributed by atoms with Crippen LogP contribution in [-0.2, 0) is 4.74 Å². The van der Waals surface area contributed by atoms with Crippen molar-refractivity contribution in [2.45, 2.75) is 32.9 Å². The summed E-state index contributed by atoms with van der Waals surface area (Å²) in [5.74, 6) is 0. The summed E-state index contributed by atoms with van der Waals surface area (Å²) in [6, 6.07) is 4.00. The third kappa shape index (κ3) is 4.71. The molecule has 0 aliphatic heterocycles. The van der Waals surface area contributed by atoms with Crippen molar-refractivity contribution in [3.8, 4) is 0 Å². The molecule has 1 atom stereocenters. The summed E-state index contributed by atoms with van der Waals surface area (Å²) in [7, 11) is 2.03. The highest BCUT2D eigenvalue weighted by Crippen LogP contribution is 2.13. The van der Waals surface area contributed by atoms with E-state index in [2.05, 4.69) is 9.88 Å². The lowest BCUT2D eigenvalue weighted by atomic mass is 10.2. The molecule has 1 aromatic heterocycles. The number of likely N-dealkylation sites (N-methyl/N-ethyl adjacent to an activating group) is 1. The van der Waals surface area contributed by atoms with Crippen LogP contribution in [0.25, 0.3) is 0 Å². The summed E-state index contributed by atoms with van der Waals surface area (Å²) in [6.07, 6.45) is 2.13. The minimum Gasteiger partial charge on any atom is -0.377 e. The van der Waals surface area contributed by atoms with Gasteiger partial charge in [0, 0.05) is 19.6 Å². The third-order valence-corrected chi connectivity index (χ3v) is 2.56. The van der Waals surface area contributed by atoms with Crippen LogP contribution in [0.4, 0.5) is 5.69 Å². The molecule has 96 valence electrons. The average Bonchev–Trinajstić information content (AvgIpc) is 2.28. The summed E-state index contributed by atoms with van der Waals surface area (Å²) >= 11 is 0. The van der Waals surface area contributed by atoms with Crippen LogP contribution in [-0.4, -0.2) is 31.3 Å². The number of nitrogens with zero attached hydrogens (tertiary/aromatic N) is 2. The van der Waals surface area contributed by atoms with Crippen LogP contribution < -0.4 is 10.6 Å². The van der Waals surface area contributed by atoms with E-state index in [4.69, 9.17) is 10.5 Å². The van der Waals surface area contributed by atoms with Gasteiger partial charge in [-0.15, -0.1) is 0 Å². The first-order chi connectivity index (χ1) is 8.00. The molecule has 4 heteroatoms. The molecule has 0 aliphatic carbocycles. The minimum absolute atomic E-state index is 0.0152. The van der Waals surface area contributed by atoms with Gasteiger partial charge in [0.25, 0.3) is 0 Å². The minimum atomic E-state index is -0.0152. The topological polar surface area (TPSA) is 51.4 Å². The maximum Gasteiger partial charge on any atom is 0.0644 e. The lowest BCUT2D eigenvalue weighted by Crippen LogP contribution is -2.24. The van der Waals surface area contributed by atoms with E-state index in [1.807, 2.05) is 46.1 Å². The first-order valence-electron chi connectivity index (χ1n) is 6.05. The fraction of sp³-hybridized carbons (Fsp3) is 0.615. The Kier molecular flexibility index (Phi) is 5.38. The quantitative estimate of drug-likeness (QED) is 0.821. The van der Waals surface area contributed by atoms with Crippen LogP contribution in [0, 0.1) is 0 Å². The highest BCUT2D eigenvalue weighted by atomic mass is 16.5. The van der Waals surface area contributed by atoms with Crippen LogP contribution in [0.1, 0.15) is 32.5 Å². The molecule has 0 aliphatic rings. The van der Waals surface area contributed by atoms with Gasteiger partial charge < -0.3 is 15.4 Å². The fourth-order valence-electron chi connectivity index (χ4n) is 1.45. The van der Waals surface area contributed by atoms with Crippen LogP contribution in [0.3, 0.4) is 0 Å². The summed E-state index contributed by atoms with van der Waals surface area (Å²) in [4.78, 5) is 6.46. The SMILES string of the molecule is CC(C)OCCN(C)c1ccc([C@H](C)N)nc1. The van der Waals surface area contributed by atoms with E-state index in [-0.39, 0.29) is 12.1 Å². The second-order valence-corrected chi connectivity index (χ2v) is 4.57. The molecule has 1 heterocycles. The molecule has 0 saturated carbocycles. The molecule has 1 rings (SSSR count). The predicted octanol–water partition coefficient (Wildman–Crippen LogP) is 1.96. The zero-order valence-electron chi connectivity index (χ0n) is 11.2. The summed E-state index contributed by atoms with van der Waals surface area (Å²) < 4.78 is 5.51. The molecular weight excluding hydrogens is 214 g/mol. The van der Waals surface area contributed by atoms with Crippen LogP contribution in [0.15, 0.2) is 18.3 Å². The Hall–Kier alpha value is -1.13. The smallest absolute Gasteiger partial charge is 0.0644 e. The highest BCUT2D eigenvalue weighted by molar-refractivity contribution is 5.43. The molecule has 0 fully saturated rings. The van der Waals surface area contributed by atoms with Gasteiger partial charge in [-0.3, -0.25) is 4.98 Å². The van der Waals surface area contributed by atoms with Crippen molar-refractivity contribution >= 4 is 5.69 Å². The van der Waals surface area contributed by atoms with E-state index < -0.39 is 0 Å². The van der Waals surface area contributed by atoms with E-state index in [1.54, 1.807) is 0 Å². The van der Waals surface area contributed by atoms with E-state index in [1.165, 1.54) is 0 Å². The van der Waals surface area contributed by atoms with Crippen molar-refractivity contribution in [2.75, 3.05) is 25.1 Å². The molecule has 1 aromatic rings. The van der Waals surface area contributed by atoms with Crippen molar-refractivity contribution in [1.29, 1.82) is 0 Å². The van der Waals surface area contributed by atoms with Gasteiger partial charge in [0.2, 0.25) is 0 Å². The number of hydrogen-bond donors (Lipinski definition) is 1. The normalized spacial score (nSPS) is 12.8. The van der Waals surface area contributed by atoms with E-state index in [0.29, 0.717) is 0 Å². The molecule has 0 unspecified atom stereocenters. The maximum atomic E-state index is 5.76. The number of nitrogens with two attached hydrogens (primary N) is 1. The molecule has 2 N–H and O–H groups in total. The maximum absolute atomic E-state index is 5.76. The lowest BCUT2D eigenvalue weighted by Gasteiger charge is -2.20. The molecular formula is C13H23N3O. The Balaban J connectivity index is 2.48. The number of hydrogen-bond acceptors (Lipinski definition) is 4. The van der Waals surface area contributed by atoms with E-state index in [0.717, 1.165) is 24.5 Å². The summed E-state index contributed by atoms with van der Waals surface area (Å²) in [5.41, 5.74) is 7.76. The van der Waals surface area contributed by atoms with E-state index >= 15 is 0 Å². The molecule has 0 saturated heterocycles. The van der Waals surface area contributed by atoms with Gasteiger partial charge >= 0.3 is 0 Å². The molecule has 0 radical (unpaired) electrons. The molecule has 0 bridgehead atoms. The van der Waals surface area contributed by atoms with Crippen LogP contribution in [0.5, 0.6) is 0 Å². The largest absolute Gasteiger partial charge is 0.377 e. The Labute approximate surface area is 104 Å². The first-order valence-corrected chi connectivity index (χ1v) is 6.05. The Morgan fingerprint density at radius 3 is 2.53 bits per heavy atom. The van der Waals surface area contributed by atoms with Crippen molar-refractivity contribution in [2.24, 2.45) is 5.73 Å².